The first-order valence-electron chi connectivity index (χ1n) is 5.42. The smallest absolute Gasteiger partial charge is 0.308 e. The Morgan fingerprint density at radius 2 is 2.24 bits per heavy atom. The van der Waals surface area contributed by atoms with Crippen molar-refractivity contribution >= 4 is 16.9 Å². The molecule has 0 aliphatic carbocycles. The summed E-state index contributed by atoms with van der Waals surface area (Å²) in [5, 5.41) is 11.0. The lowest BCUT2D eigenvalue weighted by Gasteiger charge is -2.11. The minimum absolute atomic E-state index is 0.0233. The average molecular weight is 233 g/mol. The van der Waals surface area contributed by atoms with Crippen molar-refractivity contribution in [2.75, 3.05) is 7.11 Å². The fraction of sp³-hybridized carbons (Fsp3) is 0.308. The zero-order valence-corrected chi connectivity index (χ0v) is 9.88. The molecule has 4 heteroatoms. The number of fused-ring (bicyclic) bond motifs is 1. The standard InChI is InChI=1S/C13H15NO3/c1-14-7-6-9-10(4-3-5-11(9)14)12(15)8-13(16)17-2/h3-7,12,15H,8H2,1-2H3/t12-/m1/s1. The quantitative estimate of drug-likeness (QED) is 0.822. The van der Waals surface area contributed by atoms with Gasteiger partial charge in [0.25, 0.3) is 0 Å². The third-order valence-corrected chi connectivity index (χ3v) is 2.91. The molecule has 0 radical (unpaired) electrons. The summed E-state index contributed by atoms with van der Waals surface area (Å²) < 4.78 is 6.53. The Bertz CT molecular complexity index is 545. The van der Waals surface area contributed by atoms with E-state index in [0.717, 1.165) is 16.5 Å². The number of carbonyl (C=O) groups excluding carboxylic acids is 1. The van der Waals surface area contributed by atoms with Gasteiger partial charge in [-0.1, -0.05) is 12.1 Å². The third-order valence-electron chi connectivity index (χ3n) is 2.91. The van der Waals surface area contributed by atoms with Crippen LogP contribution in [-0.2, 0) is 16.6 Å². The van der Waals surface area contributed by atoms with Crippen LogP contribution >= 0.6 is 0 Å². The summed E-state index contributed by atoms with van der Waals surface area (Å²) in [5.74, 6) is -0.412. The number of hydrogen-bond donors (Lipinski definition) is 1. The van der Waals surface area contributed by atoms with Crippen molar-refractivity contribution in [1.82, 2.24) is 4.57 Å². The Hall–Kier alpha value is -1.81. The van der Waals surface area contributed by atoms with Crippen molar-refractivity contribution in [2.45, 2.75) is 12.5 Å². The van der Waals surface area contributed by atoms with Gasteiger partial charge in [-0.15, -0.1) is 0 Å². The second-order valence-electron chi connectivity index (χ2n) is 4.00. The lowest BCUT2D eigenvalue weighted by Crippen LogP contribution is -2.08. The second-order valence-corrected chi connectivity index (χ2v) is 4.00. The molecule has 1 N–H and O–H groups in total. The van der Waals surface area contributed by atoms with Gasteiger partial charge in [0.2, 0.25) is 0 Å². The van der Waals surface area contributed by atoms with Gasteiger partial charge in [0.15, 0.2) is 0 Å². The molecular formula is C13H15NO3. The SMILES string of the molecule is COC(=O)C[C@@H](O)c1cccc2c1ccn2C. The van der Waals surface area contributed by atoms with Gasteiger partial charge in [-0.3, -0.25) is 4.79 Å². The molecule has 1 aromatic heterocycles. The third kappa shape index (κ3) is 2.17. The molecule has 1 atom stereocenters. The zero-order chi connectivity index (χ0) is 12.4. The molecule has 90 valence electrons. The summed E-state index contributed by atoms with van der Waals surface area (Å²) >= 11 is 0. The highest BCUT2D eigenvalue weighted by Gasteiger charge is 2.16. The van der Waals surface area contributed by atoms with Crippen molar-refractivity contribution < 1.29 is 14.6 Å². The van der Waals surface area contributed by atoms with E-state index in [-0.39, 0.29) is 6.42 Å². The van der Waals surface area contributed by atoms with Crippen LogP contribution in [0.25, 0.3) is 10.9 Å². The Morgan fingerprint density at radius 1 is 1.47 bits per heavy atom. The van der Waals surface area contributed by atoms with Gasteiger partial charge >= 0.3 is 5.97 Å². The molecule has 0 fully saturated rings. The average Bonchev–Trinajstić information content (AvgIpc) is 2.71. The fourth-order valence-electron chi connectivity index (χ4n) is 1.97. The van der Waals surface area contributed by atoms with E-state index in [2.05, 4.69) is 4.74 Å². The van der Waals surface area contributed by atoms with Crippen molar-refractivity contribution in [3.63, 3.8) is 0 Å². The number of aromatic nitrogens is 1. The zero-order valence-electron chi connectivity index (χ0n) is 9.88. The largest absolute Gasteiger partial charge is 0.469 e. The van der Waals surface area contributed by atoms with Crippen LogP contribution in [0.5, 0.6) is 0 Å². The number of ether oxygens (including phenoxy) is 1. The topological polar surface area (TPSA) is 51.5 Å². The minimum atomic E-state index is -0.825. The van der Waals surface area contributed by atoms with Gasteiger partial charge < -0.3 is 14.4 Å². The molecule has 0 unspecified atom stereocenters. The van der Waals surface area contributed by atoms with Crippen LogP contribution in [-0.4, -0.2) is 22.8 Å². The van der Waals surface area contributed by atoms with Crippen LogP contribution in [0.15, 0.2) is 30.5 Å². The highest BCUT2D eigenvalue weighted by atomic mass is 16.5. The van der Waals surface area contributed by atoms with E-state index in [1.165, 1.54) is 7.11 Å². The van der Waals surface area contributed by atoms with Gasteiger partial charge in [-0.05, 0) is 17.7 Å². The van der Waals surface area contributed by atoms with E-state index in [0.29, 0.717) is 0 Å². The molecule has 0 aliphatic rings. The number of benzene rings is 1. The number of aliphatic hydroxyl groups is 1. The van der Waals surface area contributed by atoms with Crippen molar-refractivity contribution in [3.05, 3.63) is 36.0 Å². The van der Waals surface area contributed by atoms with Gasteiger partial charge in [-0.25, -0.2) is 0 Å². The first-order chi connectivity index (χ1) is 8.13. The Labute approximate surface area is 99.4 Å². The lowest BCUT2D eigenvalue weighted by atomic mass is 10.0. The van der Waals surface area contributed by atoms with Gasteiger partial charge in [-0.2, -0.15) is 0 Å². The highest BCUT2D eigenvalue weighted by Crippen LogP contribution is 2.26. The van der Waals surface area contributed by atoms with Gasteiger partial charge in [0.1, 0.15) is 0 Å². The minimum Gasteiger partial charge on any atom is -0.469 e. The van der Waals surface area contributed by atoms with Crippen LogP contribution in [0, 0.1) is 0 Å². The van der Waals surface area contributed by atoms with Crippen molar-refractivity contribution in [3.8, 4) is 0 Å². The molecule has 0 spiro atoms. The monoisotopic (exact) mass is 233 g/mol. The van der Waals surface area contributed by atoms with Gasteiger partial charge in [0.05, 0.1) is 19.6 Å². The van der Waals surface area contributed by atoms with E-state index in [4.69, 9.17) is 0 Å². The molecule has 2 rings (SSSR count). The molecule has 1 heterocycles. The van der Waals surface area contributed by atoms with E-state index in [1.54, 1.807) is 0 Å². The van der Waals surface area contributed by atoms with Crippen LogP contribution in [0.3, 0.4) is 0 Å². The lowest BCUT2D eigenvalue weighted by molar-refractivity contribution is -0.142. The molecule has 0 aliphatic heterocycles. The normalized spacial score (nSPS) is 12.6. The van der Waals surface area contributed by atoms with Crippen LogP contribution in [0.1, 0.15) is 18.1 Å². The molecular weight excluding hydrogens is 218 g/mol. The summed E-state index contributed by atoms with van der Waals surface area (Å²) in [7, 11) is 3.26. The van der Waals surface area contributed by atoms with Crippen LogP contribution in [0.4, 0.5) is 0 Å². The van der Waals surface area contributed by atoms with E-state index >= 15 is 0 Å². The summed E-state index contributed by atoms with van der Waals surface area (Å²) in [6.45, 7) is 0. The predicted octanol–water partition coefficient (Wildman–Crippen LogP) is 1.77. The maximum absolute atomic E-state index is 11.1. The predicted molar refractivity (Wildman–Crippen MR) is 64.5 cm³/mol. The molecule has 2 aromatic rings. The number of hydrogen-bond acceptors (Lipinski definition) is 3. The highest BCUT2D eigenvalue weighted by molar-refractivity contribution is 5.84. The number of aryl methyl sites for hydroxylation is 1. The fourth-order valence-corrected chi connectivity index (χ4v) is 1.97. The molecule has 17 heavy (non-hydrogen) atoms. The maximum Gasteiger partial charge on any atom is 0.308 e. The number of esters is 1. The van der Waals surface area contributed by atoms with Gasteiger partial charge in [0, 0.05) is 24.1 Å². The Morgan fingerprint density at radius 3 is 2.94 bits per heavy atom. The number of carbonyl (C=O) groups is 1. The summed E-state index contributed by atoms with van der Waals surface area (Å²) in [4.78, 5) is 11.1. The van der Waals surface area contributed by atoms with E-state index in [9.17, 15) is 9.90 Å². The summed E-state index contributed by atoms with van der Waals surface area (Å²) in [6.07, 6.45) is 1.08. The Kier molecular flexibility index (Phi) is 3.15. The number of nitrogens with zero attached hydrogens (tertiary/aromatic N) is 1. The molecule has 4 nitrogen and oxygen atoms in total. The maximum atomic E-state index is 11.1. The van der Waals surface area contributed by atoms with Crippen molar-refractivity contribution in [2.24, 2.45) is 7.05 Å². The van der Waals surface area contributed by atoms with E-state index < -0.39 is 12.1 Å². The number of rotatable bonds is 3. The first kappa shape index (κ1) is 11.7. The summed E-state index contributed by atoms with van der Waals surface area (Å²) in [5.41, 5.74) is 1.79. The van der Waals surface area contributed by atoms with Crippen LogP contribution in [0.2, 0.25) is 0 Å². The number of methoxy groups -OCH3 is 1. The molecule has 0 saturated heterocycles. The molecule has 1 aromatic carbocycles. The first-order valence-corrected chi connectivity index (χ1v) is 5.42. The summed E-state index contributed by atoms with van der Waals surface area (Å²) in [6, 6.07) is 7.61. The molecule has 0 amide bonds. The number of aliphatic hydroxyl groups excluding tert-OH is 1. The molecule has 0 bridgehead atoms. The Balaban J connectivity index is 2.38. The van der Waals surface area contributed by atoms with Crippen molar-refractivity contribution in [1.29, 1.82) is 0 Å². The molecule has 0 saturated carbocycles. The van der Waals surface area contributed by atoms with Crippen LogP contribution < -0.4 is 0 Å². The second kappa shape index (κ2) is 4.59. The van der Waals surface area contributed by atoms with E-state index in [1.807, 2.05) is 42.1 Å².